The number of amides is 1. The molecule has 1 fully saturated rings. The molecule has 4 N–H and O–H groups in total. The SMILES string of the molecule is Cc1c(C(N)=O)sc2nc(N3CCCNCC3)[nH]c(=O)c12. The summed E-state index contributed by atoms with van der Waals surface area (Å²) in [6, 6.07) is 0. The predicted molar refractivity (Wildman–Crippen MR) is 83.2 cm³/mol. The standard InChI is InChI=1S/C13H17N5O2S/c1-7-8-11(20)16-13(18-5-2-3-15-4-6-18)17-12(8)21-9(7)10(14)19/h15H,2-6H2,1H3,(H2,14,19)(H,16,17,20). The van der Waals surface area contributed by atoms with E-state index in [4.69, 9.17) is 5.73 Å². The highest BCUT2D eigenvalue weighted by atomic mass is 32.1. The molecule has 7 nitrogen and oxygen atoms in total. The quantitative estimate of drug-likeness (QED) is 0.735. The molecule has 1 aliphatic rings. The Morgan fingerprint density at radius 2 is 2.19 bits per heavy atom. The van der Waals surface area contributed by atoms with E-state index in [0.717, 1.165) is 32.6 Å². The van der Waals surface area contributed by atoms with E-state index in [-0.39, 0.29) is 5.56 Å². The molecule has 0 aliphatic carbocycles. The number of aromatic amines is 1. The fourth-order valence-electron chi connectivity index (χ4n) is 2.57. The minimum Gasteiger partial charge on any atom is -0.365 e. The van der Waals surface area contributed by atoms with Crippen molar-refractivity contribution >= 4 is 33.4 Å². The number of anilines is 1. The van der Waals surface area contributed by atoms with Gasteiger partial charge in [0.05, 0.1) is 10.3 Å². The second-order valence-corrected chi connectivity index (χ2v) is 6.08. The zero-order chi connectivity index (χ0) is 15.0. The Morgan fingerprint density at radius 1 is 1.38 bits per heavy atom. The molecule has 2 aromatic heterocycles. The van der Waals surface area contributed by atoms with Crippen LogP contribution in [0.2, 0.25) is 0 Å². The molecule has 0 radical (unpaired) electrons. The van der Waals surface area contributed by atoms with Crippen LogP contribution >= 0.6 is 11.3 Å². The van der Waals surface area contributed by atoms with Gasteiger partial charge in [-0.2, -0.15) is 0 Å². The highest BCUT2D eigenvalue weighted by Gasteiger charge is 2.19. The fourth-order valence-corrected chi connectivity index (χ4v) is 3.60. The van der Waals surface area contributed by atoms with Crippen LogP contribution in [0.25, 0.3) is 10.2 Å². The van der Waals surface area contributed by atoms with Crippen molar-refractivity contribution in [2.45, 2.75) is 13.3 Å². The van der Waals surface area contributed by atoms with Crippen molar-refractivity contribution in [3.63, 3.8) is 0 Å². The molecule has 0 bridgehead atoms. The number of hydrogen-bond acceptors (Lipinski definition) is 6. The first-order valence-corrected chi connectivity index (χ1v) is 7.68. The van der Waals surface area contributed by atoms with Crippen molar-refractivity contribution in [2.75, 3.05) is 31.1 Å². The smallest absolute Gasteiger partial charge is 0.261 e. The number of fused-ring (bicyclic) bond motifs is 1. The molecule has 0 aromatic carbocycles. The molecule has 0 atom stereocenters. The normalized spacial score (nSPS) is 16.1. The minimum absolute atomic E-state index is 0.214. The van der Waals surface area contributed by atoms with E-state index in [1.165, 1.54) is 11.3 Å². The van der Waals surface area contributed by atoms with E-state index >= 15 is 0 Å². The van der Waals surface area contributed by atoms with Gasteiger partial charge in [-0.1, -0.05) is 0 Å². The molecule has 2 aromatic rings. The lowest BCUT2D eigenvalue weighted by atomic mass is 10.2. The van der Waals surface area contributed by atoms with Gasteiger partial charge >= 0.3 is 0 Å². The molecular formula is C13H17N5O2S. The van der Waals surface area contributed by atoms with Crippen LogP contribution in [0.15, 0.2) is 4.79 Å². The number of thiophene rings is 1. The summed E-state index contributed by atoms with van der Waals surface area (Å²) in [5.74, 6) is 0.0453. The number of hydrogen-bond donors (Lipinski definition) is 3. The van der Waals surface area contributed by atoms with Crippen molar-refractivity contribution < 1.29 is 4.79 Å². The number of aromatic nitrogens is 2. The van der Waals surface area contributed by atoms with E-state index in [9.17, 15) is 9.59 Å². The molecular weight excluding hydrogens is 290 g/mol. The number of nitrogens with one attached hydrogen (secondary N) is 2. The zero-order valence-corrected chi connectivity index (χ0v) is 12.5. The summed E-state index contributed by atoms with van der Waals surface area (Å²) < 4.78 is 0. The molecule has 0 unspecified atom stereocenters. The number of carbonyl (C=O) groups excluding carboxylic acids is 1. The van der Waals surface area contributed by atoms with Crippen molar-refractivity contribution in [3.8, 4) is 0 Å². The summed E-state index contributed by atoms with van der Waals surface area (Å²) in [7, 11) is 0. The van der Waals surface area contributed by atoms with Crippen molar-refractivity contribution in [2.24, 2.45) is 5.73 Å². The highest BCUT2D eigenvalue weighted by Crippen LogP contribution is 2.27. The van der Waals surface area contributed by atoms with Gasteiger partial charge in [0.25, 0.3) is 11.5 Å². The fraction of sp³-hybridized carbons (Fsp3) is 0.462. The Kier molecular flexibility index (Phi) is 3.64. The van der Waals surface area contributed by atoms with E-state index in [1.807, 2.05) is 0 Å². The maximum atomic E-state index is 12.3. The van der Waals surface area contributed by atoms with Gasteiger partial charge in [0.15, 0.2) is 0 Å². The number of rotatable bonds is 2. The third kappa shape index (κ3) is 2.52. The van der Waals surface area contributed by atoms with Crippen molar-refractivity contribution in [1.29, 1.82) is 0 Å². The molecule has 1 aliphatic heterocycles. The lowest BCUT2D eigenvalue weighted by Crippen LogP contribution is -2.31. The third-order valence-corrected chi connectivity index (χ3v) is 4.85. The molecule has 21 heavy (non-hydrogen) atoms. The van der Waals surface area contributed by atoms with Crippen molar-refractivity contribution in [1.82, 2.24) is 15.3 Å². The lowest BCUT2D eigenvalue weighted by molar-refractivity contribution is 0.100. The molecule has 3 heterocycles. The molecule has 1 amide bonds. The second kappa shape index (κ2) is 5.45. The van der Waals surface area contributed by atoms with Crippen LogP contribution in [-0.2, 0) is 0 Å². The van der Waals surface area contributed by atoms with Gasteiger partial charge in [-0.05, 0) is 25.5 Å². The van der Waals surface area contributed by atoms with Gasteiger partial charge in [-0.3, -0.25) is 14.6 Å². The second-order valence-electron chi connectivity index (χ2n) is 5.08. The zero-order valence-electron chi connectivity index (χ0n) is 11.7. The first kappa shape index (κ1) is 14.0. The van der Waals surface area contributed by atoms with Crippen LogP contribution in [0.3, 0.4) is 0 Å². The minimum atomic E-state index is -0.518. The van der Waals surface area contributed by atoms with E-state index in [0.29, 0.717) is 26.6 Å². The summed E-state index contributed by atoms with van der Waals surface area (Å²) in [5, 5.41) is 3.77. The number of primary amides is 1. The van der Waals surface area contributed by atoms with E-state index < -0.39 is 5.91 Å². The predicted octanol–water partition coefficient (Wildman–Crippen LogP) is 0.192. The molecule has 1 saturated heterocycles. The van der Waals surface area contributed by atoms with Gasteiger partial charge in [0.1, 0.15) is 4.83 Å². The Bertz CT molecular complexity index is 743. The summed E-state index contributed by atoms with van der Waals surface area (Å²) in [6.07, 6.45) is 0.998. The average Bonchev–Trinajstić information content (AvgIpc) is 2.64. The van der Waals surface area contributed by atoms with Crippen molar-refractivity contribution in [3.05, 3.63) is 20.8 Å². The van der Waals surface area contributed by atoms with Gasteiger partial charge in [0.2, 0.25) is 5.95 Å². The van der Waals surface area contributed by atoms with Crippen LogP contribution in [0, 0.1) is 6.92 Å². The lowest BCUT2D eigenvalue weighted by Gasteiger charge is -2.19. The third-order valence-electron chi connectivity index (χ3n) is 3.65. The van der Waals surface area contributed by atoms with Gasteiger partial charge < -0.3 is 16.0 Å². The molecule has 112 valence electrons. The Morgan fingerprint density at radius 3 is 2.95 bits per heavy atom. The van der Waals surface area contributed by atoms with Gasteiger partial charge in [-0.15, -0.1) is 11.3 Å². The number of nitrogens with zero attached hydrogens (tertiary/aromatic N) is 2. The maximum absolute atomic E-state index is 12.3. The molecule has 0 spiro atoms. The molecule has 0 saturated carbocycles. The Balaban J connectivity index is 2.10. The Labute approximate surface area is 125 Å². The first-order valence-electron chi connectivity index (χ1n) is 6.87. The molecule has 3 rings (SSSR count). The number of nitrogens with two attached hydrogens (primary N) is 1. The number of aryl methyl sites for hydroxylation is 1. The topological polar surface area (TPSA) is 104 Å². The Hall–Kier alpha value is -1.93. The van der Waals surface area contributed by atoms with E-state index in [1.54, 1.807) is 6.92 Å². The summed E-state index contributed by atoms with van der Waals surface area (Å²) in [5.41, 5.74) is 5.74. The van der Waals surface area contributed by atoms with Crippen LogP contribution in [0.1, 0.15) is 21.7 Å². The number of H-pyrrole nitrogens is 1. The van der Waals surface area contributed by atoms with E-state index in [2.05, 4.69) is 20.2 Å². The summed E-state index contributed by atoms with van der Waals surface area (Å²) in [6.45, 7) is 5.19. The van der Waals surface area contributed by atoms with Crippen LogP contribution < -0.4 is 21.5 Å². The average molecular weight is 307 g/mol. The van der Waals surface area contributed by atoms with Gasteiger partial charge in [-0.25, -0.2) is 4.98 Å². The largest absolute Gasteiger partial charge is 0.365 e. The van der Waals surface area contributed by atoms with Crippen LogP contribution in [0.4, 0.5) is 5.95 Å². The summed E-state index contributed by atoms with van der Waals surface area (Å²) >= 11 is 1.18. The monoisotopic (exact) mass is 307 g/mol. The van der Waals surface area contributed by atoms with Crippen LogP contribution in [0.5, 0.6) is 0 Å². The molecule has 8 heteroatoms. The maximum Gasteiger partial charge on any atom is 0.261 e. The highest BCUT2D eigenvalue weighted by molar-refractivity contribution is 7.20. The van der Waals surface area contributed by atoms with Gasteiger partial charge in [0, 0.05) is 19.6 Å². The summed E-state index contributed by atoms with van der Waals surface area (Å²) in [4.78, 5) is 34.1. The first-order chi connectivity index (χ1) is 10.1. The van der Waals surface area contributed by atoms with Crippen LogP contribution in [-0.4, -0.2) is 42.1 Å². The number of carbonyl (C=O) groups is 1.